The first-order valence-electron chi connectivity index (χ1n) is 7.75. The van der Waals surface area contributed by atoms with E-state index >= 15 is 0 Å². The molecule has 0 aliphatic rings. The molecule has 2 rings (SSSR count). The number of halogens is 1. The minimum absolute atomic E-state index is 0.0896. The summed E-state index contributed by atoms with van der Waals surface area (Å²) in [5.74, 6) is 1.12. The fraction of sp³-hybridized carbons (Fsp3) is 0.278. The lowest BCUT2D eigenvalue weighted by Gasteiger charge is -2.17. The van der Waals surface area contributed by atoms with Gasteiger partial charge in [-0.15, -0.1) is 0 Å². The molecule has 0 fully saturated rings. The number of anilines is 1. The lowest BCUT2D eigenvalue weighted by Crippen LogP contribution is -2.20. The number of amides is 2. The quantitative estimate of drug-likeness (QED) is 0.700. The number of ether oxygens (including phenoxy) is 2. The van der Waals surface area contributed by atoms with Gasteiger partial charge in [0, 0.05) is 18.3 Å². The van der Waals surface area contributed by atoms with Crippen molar-refractivity contribution in [1.29, 1.82) is 0 Å². The van der Waals surface area contributed by atoms with Crippen LogP contribution >= 0.6 is 11.6 Å². The van der Waals surface area contributed by atoms with Gasteiger partial charge in [0.25, 0.3) is 0 Å². The van der Waals surface area contributed by atoms with E-state index in [9.17, 15) is 4.79 Å². The standard InChI is InChI=1S/C18H22ClN3O3/c1-11(12-4-7-14(8-5-12)22-18(20)23)21-10-13-6-9-15(24-2)17(25-3)16(13)19/h4-9,11,21H,10H2,1-3H3,(H3,20,22,23). The molecule has 0 radical (unpaired) electrons. The van der Waals surface area contributed by atoms with Gasteiger partial charge in [-0.05, 0) is 36.2 Å². The second-order valence-corrected chi connectivity index (χ2v) is 5.87. The van der Waals surface area contributed by atoms with Crippen molar-refractivity contribution in [3.63, 3.8) is 0 Å². The van der Waals surface area contributed by atoms with Crippen molar-refractivity contribution in [1.82, 2.24) is 5.32 Å². The van der Waals surface area contributed by atoms with E-state index in [1.165, 1.54) is 0 Å². The summed E-state index contributed by atoms with van der Waals surface area (Å²) < 4.78 is 10.6. The van der Waals surface area contributed by atoms with Gasteiger partial charge in [-0.25, -0.2) is 4.79 Å². The summed E-state index contributed by atoms with van der Waals surface area (Å²) in [6.45, 7) is 2.62. The van der Waals surface area contributed by atoms with Gasteiger partial charge in [0.15, 0.2) is 11.5 Å². The Morgan fingerprint density at radius 1 is 1.16 bits per heavy atom. The molecule has 0 bridgehead atoms. The third kappa shape index (κ3) is 4.78. The first kappa shape index (κ1) is 18.9. The summed E-state index contributed by atoms with van der Waals surface area (Å²) in [6, 6.07) is 10.7. The van der Waals surface area contributed by atoms with Gasteiger partial charge in [-0.1, -0.05) is 29.8 Å². The van der Waals surface area contributed by atoms with Crippen LogP contribution in [0.15, 0.2) is 36.4 Å². The van der Waals surface area contributed by atoms with Crippen LogP contribution in [0.25, 0.3) is 0 Å². The van der Waals surface area contributed by atoms with Crippen LogP contribution in [0.2, 0.25) is 5.02 Å². The van der Waals surface area contributed by atoms with Gasteiger partial charge in [0.1, 0.15) is 0 Å². The van der Waals surface area contributed by atoms with Crippen molar-refractivity contribution in [3.05, 3.63) is 52.5 Å². The third-order valence-corrected chi connectivity index (χ3v) is 4.26. The molecule has 0 aliphatic carbocycles. The minimum atomic E-state index is -0.581. The number of hydrogen-bond donors (Lipinski definition) is 3. The zero-order chi connectivity index (χ0) is 18.4. The van der Waals surface area contributed by atoms with E-state index in [1.54, 1.807) is 14.2 Å². The molecule has 0 saturated heterocycles. The van der Waals surface area contributed by atoms with Crippen molar-refractivity contribution in [2.45, 2.75) is 19.5 Å². The predicted octanol–water partition coefficient (Wildman–Crippen LogP) is 3.70. The van der Waals surface area contributed by atoms with Crippen LogP contribution < -0.4 is 25.8 Å². The average molecular weight is 364 g/mol. The topological polar surface area (TPSA) is 85.6 Å². The molecule has 6 nitrogen and oxygen atoms in total. The second kappa shape index (κ2) is 8.60. The van der Waals surface area contributed by atoms with E-state index in [2.05, 4.69) is 10.6 Å². The monoisotopic (exact) mass is 363 g/mol. The molecule has 0 aromatic heterocycles. The highest BCUT2D eigenvalue weighted by Gasteiger charge is 2.14. The van der Waals surface area contributed by atoms with Crippen molar-refractivity contribution in [2.24, 2.45) is 5.73 Å². The molecule has 7 heteroatoms. The predicted molar refractivity (Wildman–Crippen MR) is 99.5 cm³/mol. The fourth-order valence-electron chi connectivity index (χ4n) is 2.44. The molecule has 0 saturated carbocycles. The molecule has 25 heavy (non-hydrogen) atoms. The lowest BCUT2D eigenvalue weighted by molar-refractivity contribution is 0.259. The zero-order valence-electron chi connectivity index (χ0n) is 14.4. The first-order valence-corrected chi connectivity index (χ1v) is 8.13. The van der Waals surface area contributed by atoms with Gasteiger partial charge < -0.3 is 25.8 Å². The molecular formula is C18H22ClN3O3. The summed E-state index contributed by atoms with van der Waals surface area (Å²) in [4.78, 5) is 10.8. The van der Waals surface area contributed by atoms with Crippen molar-refractivity contribution in [2.75, 3.05) is 19.5 Å². The smallest absolute Gasteiger partial charge is 0.316 e. The summed E-state index contributed by atoms with van der Waals surface area (Å²) in [5.41, 5.74) is 7.75. The molecule has 1 atom stereocenters. The van der Waals surface area contributed by atoms with Crippen LogP contribution in [0.3, 0.4) is 0 Å². The number of methoxy groups -OCH3 is 2. The first-order chi connectivity index (χ1) is 12.0. The molecule has 134 valence electrons. The highest BCUT2D eigenvalue weighted by Crippen LogP contribution is 2.37. The normalized spacial score (nSPS) is 11.7. The number of primary amides is 1. The number of benzene rings is 2. The Morgan fingerprint density at radius 3 is 2.40 bits per heavy atom. The molecule has 0 heterocycles. The maximum Gasteiger partial charge on any atom is 0.316 e. The highest BCUT2D eigenvalue weighted by molar-refractivity contribution is 6.33. The Morgan fingerprint density at radius 2 is 1.84 bits per heavy atom. The van der Waals surface area contributed by atoms with Crippen LogP contribution in [0.4, 0.5) is 10.5 Å². The van der Waals surface area contributed by atoms with Gasteiger partial charge in [0.05, 0.1) is 19.2 Å². The Balaban J connectivity index is 2.04. The molecular weight excluding hydrogens is 342 g/mol. The molecule has 2 aromatic carbocycles. The second-order valence-electron chi connectivity index (χ2n) is 5.49. The van der Waals surface area contributed by atoms with Gasteiger partial charge in [0.2, 0.25) is 0 Å². The minimum Gasteiger partial charge on any atom is -0.493 e. The Kier molecular flexibility index (Phi) is 6.50. The van der Waals surface area contributed by atoms with Crippen LogP contribution in [-0.2, 0) is 6.54 Å². The maximum absolute atomic E-state index is 10.8. The number of carbonyl (C=O) groups is 1. The van der Waals surface area contributed by atoms with Gasteiger partial charge in [-0.2, -0.15) is 0 Å². The maximum atomic E-state index is 10.8. The number of rotatable bonds is 7. The van der Waals surface area contributed by atoms with E-state index in [4.69, 9.17) is 26.8 Å². The molecule has 4 N–H and O–H groups in total. The summed E-state index contributed by atoms with van der Waals surface area (Å²) >= 11 is 6.39. The molecule has 0 aliphatic heterocycles. The summed E-state index contributed by atoms with van der Waals surface area (Å²) in [7, 11) is 3.14. The van der Waals surface area contributed by atoms with E-state index < -0.39 is 6.03 Å². The number of carbonyl (C=O) groups excluding carboxylic acids is 1. The molecule has 0 spiro atoms. The van der Waals surface area contributed by atoms with Crippen molar-refractivity contribution in [3.8, 4) is 11.5 Å². The Hall–Kier alpha value is -2.44. The fourth-order valence-corrected chi connectivity index (χ4v) is 2.74. The van der Waals surface area contributed by atoms with Crippen molar-refractivity contribution < 1.29 is 14.3 Å². The average Bonchev–Trinajstić information content (AvgIpc) is 2.60. The molecule has 1 unspecified atom stereocenters. The number of urea groups is 1. The van der Waals surface area contributed by atoms with Gasteiger partial charge >= 0.3 is 6.03 Å². The van der Waals surface area contributed by atoms with E-state index in [0.29, 0.717) is 28.8 Å². The van der Waals surface area contributed by atoms with Crippen LogP contribution in [-0.4, -0.2) is 20.3 Å². The number of nitrogens with one attached hydrogen (secondary N) is 2. The molecule has 2 aromatic rings. The third-order valence-electron chi connectivity index (χ3n) is 3.84. The van der Waals surface area contributed by atoms with Crippen LogP contribution in [0.1, 0.15) is 24.1 Å². The SMILES string of the molecule is COc1ccc(CNC(C)c2ccc(NC(N)=O)cc2)c(Cl)c1OC. The Labute approximate surface area is 152 Å². The number of hydrogen-bond acceptors (Lipinski definition) is 4. The highest BCUT2D eigenvalue weighted by atomic mass is 35.5. The van der Waals surface area contributed by atoms with Gasteiger partial charge in [-0.3, -0.25) is 0 Å². The van der Waals surface area contributed by atoms with Crippen molar-refractivity contribution >= 4 is 23.3 Å². The lowest BCUT2D eigenvalue weighted by atomic mass is 10.1. The Bertz CT molecular complexity index is 735. The van der Waals surface area contributed by atoms with Crippen LogP contribution in [0.5, 0.6) is 11.5 Å². The van der Waals surface area contributed by atoms with E-state index in [1.807, 2.05) is 43.3 Å². The summed E-state index contributed by atoms with van der Waals surface area (Å²) in [6.07, 6.45) is 0. The summed E-state index contributed by atoms with van der Waals surface area (Å²) in [5, 5.41) is 6.48. The van der Waals surface area contributed by atoms with E-state index in [0.717, 1.165) is 11.1 Å². The molecule has 2 amide bonds. The largest absolute Gasteiger partial charge is 0.493 e. The zero-order valence-corrected chi connectivity index (χ0v) is 15.2. The van der Waals surface area contributed by atoms with Crippen LogP contribution in [0, 0.1) is 0 Å². The van der Waals surface area contributed by atoms with E-state index in [-0.39, 0.29) is 6.04 Å². The number of nitrogens with two attached hydrogens (primary N) is 1.